The van der Waals surface area contributed by atoms with E-state index < -0.39 is 0 Å². The second-order valence-corrected chi connectivity index (χ2v) is 6.59. The number of piperazine rings is 1. The van der Waals surface area contributed by atoms with Gasteiger partial charge in [0.15, 0.2) is 0 Å². The molecule has 1 aromatic heterocycles. The van der Waals surface area contributed by atoms with Gasteiger partial charge in [0.1, 0.15) is 5.01 Å². The molecule has 0 bridgehead atoms. The van der Waals surface area contributed by atoms with E-state index in [9.17, 15) is 0 Å². The summed E-state index contributed by atoms with van der Waals surface area (Å²) in [6.07, 6.45) is 7.63. The summed E-state index contributed by atoms with van der Waals surface area (Å²) in [5.74, 6) is 0. The van der Waals surface area contributed by atoms with E-state index in [-0.39, 0.29) is 0 Å². The van der Waals surface area contributed by atoms with Gasteiger partial charge in [-0.25, -0.2) is 4.98 Å². The van der Waals surface area contributed by atoms with Crippen LogP contribution in [0.4, 0.5) is 0 Å². The van der Waals surface area contributed by atoms with Crippen LogP contribution in [0.2, 0.25) is 0 Å². The monoisotopic (exact) mass is 295 g/mol. The number of nitrogens with zero attached hydrogens (tertiary/aromatic N) is 2. The number of aromatic nitrogens is 1. The minimum absolute atomic E-state index is 0.534. The highest BCUT2D eigenvalue weighted by Gasteiger charge is 2.22. The molecular formula is C16H29N3S. The van der Waals surface area contributed by atoms with Crippen LogP contribution in [0.5, 0.6) is 0 Å². The third-order valence-corrected chi connectivity index (χ3v) is 5.11. The highest BCUT2D eigenvalue weighted by Crippen LogP contribution is 2.27. The number of nitrogens with one attached hydrogen (secondary N) is 1. The van der Waals surface area contributed by atoms with Crippen LogP contribution < -0.4 is 5.32 Å². The van der Waals surface area contributed by atoms with Crippen molar-refractivity contribution < 1.29 is 0 Å². The van der Waals surface area contributed by atoms with Crippen LogP contribution >= 0.6 is 11.3 Å². The van der Waals surface area contributed by atoms with Crippen LogP contribution in [-0.2, 0) is 6.42 Å². The Bertz CT molecular complexity index is 372. The summed E-state index contributed by atoms with van der Waals surface area (Å²) in [4.78, 5) is 7.50. The van der Waals surface area contributed by atoms with E-state index in [1.165, 1.54) is 42.8 Å². The lowest BCUT2D eigenvalue weighted by Crippen LogP contribution is -2.45. The molecule has 114 valence electrons. The zero-order valence-corrected chi connectivity index (χ0v) is 13.8. The first-order valence-electron chi connectivity index (χ1n) is 8.24. The average molecular weight is 295 g/mol. The van der Waals surface area contributed by atoms with Crippen molar-refractivity contribution in [2.75, 3.05) is 26.2 Å². The third-order valence-electron chi connectivity index (χ3n) is 4.12. The number of thiazole rings is 1. The molecule has 2 rings (SSSR count). The standard InChI is InChI=1S/C16H29N3S/c1-3-5-6-7-8-14-13-20-16(18-14)15(4-2)19-11-9-17-10-12-19/h13,15,17H,3-12H2,1-2H3. The Morgan fingerprint density at radius 3 is 2.75 bits per heavy atom. The lowest BCUT2D eigenvalue weighted by Gasteiger charge is -2.33. The van der Waals surface area contributed by atoms with Crippen molar-refractivity contribution in [3.63, 3.8) is 0 Å². The molecule has 0 amide bonds. The summed E-state index contributed by atoms with van der Waals surface area (Å²) in [5.41, 5.74) is 1.31. The van der Waals surface area contributed by atoms with Crippen LogP contribution in [0.3, 0.4) is 0 Å². The molecule has 2 heterocycles. The van der Waals surface area contributed by atoms with Gasteiger partial charge < -0.3 is 5.32 Å². The summed E-state index contributed by atoms with van der Waals surface area (Å²) in [5, 5.41) is 7.05. The van der Waals surface area contributed by atoms with E-state index >= 15 is 0 Å². The molecule has 0 aliphatic carbocycles. The van der Waals surface area contributed by atoms with E-state index in [2.05, 4.69) is 29.4 Å². The minimum atomic E-state index is 0.534. The Hall–Kier alpha value is -0.450. The number of hydrogen-bond donors (Lipinski definition) is 1. The molecule has 20 heavy (non-hydrogen) atoms. The minimum Gasteiger partial charge on any atom is -0.314 e. The number of hydrogen-bond acceptors (Lipinski definition) is 4. The summed E-state index contributed by atoms with van der Waals surface area (Å²) in [6.45, 7) is 9.10. The van der Waals surface area contributed by atoms with Crippen molar-refractivity contribution in [2.24, 2.45) is 0 Å². The Labute approximate surface area is 127 Å². The molecule has 1 atom stereocenters. The molecular weight excluding hydrogens is 266 g/mol. The molecule has 1 fully saturated rings. The lowest BCUT2D eigenvalue weighted by atomic mass is 10.1. The average Bonchev–Trinajstić information content (AvgIpc) is 2.94. The first-order chi connectivity index (χ1) is 9.85. The van der Waals surface area contributed by atoms with Crippen molar-refractivity contribution in [2.45, 2.75) is 58.4 Å². The maximum atomic E-state index is 4.91. The molecule has 0 radical (unpaired) electrons. The number of aryl methyl sites for hydroxylation is 1. The fourth-order valence-electron chi connectivity index (χ4n) is 2.91. The van der Waals surface area contributed by atoms with Crippen molar-refractivity contribution in [1.29, 1.82) is 0 Å². The maximum absolute atomic E-state index is 4.91. The van der Waals surface area contributed by atoms with Gasteiger partial charge in [-0.1, -0.05) is 33.1 Å². The summed E-state index contributed by atoms with van der Waals surface area (Å²) >= 11 is 1.87. The van der Waals surface area contributed by atoms with Gasteiger partial charge in [0.05, 0.1) is 11.7 Å². The van der Waals surface area contributed by atoms with Crippen LogP contribution in [0.25, 0.3) is 0 Å². The molecule has 0 saturated carbocycles. The van der Waals surface area contributed by atoms with Gasteiger partial charge in [-0.15, -0.1) is 11.3 Å². The predicted octanol–water partition coefficient (Wildman–Crippen LogP) is 3.62. The summed E-state index contributed by atoms with van der Waals surface area (Å²) in [6, 6.07) is 0.534. The van der Waals surface area contributed by atoms with Crippen LogP contribution in [0, 0.1) is 0 Å². The lowest BCUT2D eigenvalue weighted by molar-refractivity contribution is 0.169. The Morgan fingerprint density at radius 1 is 1.25 bits per heavy atom. The zero-order chi connectivity index (χ0) is 14.2. The molecule has 0 spiro atoms. The number of unbranched alkanes of at least 4 members (excludes halogenated alkanes) is 3. The topological polar surface area (TPSA) is 28.2 Å². The smallest absolute Gasteiger partial charge is 0.110 e. The Kier molecular flexibility index (Phi) is 6.97. The molecule has 3 nitrogen and oxygen atoms in total. The van der Waals surface area contributed by atoms with Crippen LogP contribution in [0.15, 0.2) is 5.38 Å². The molecule has 0 aromatic carbocycles. The molecule has 1 unspecified atom stereocenters. The summed E-state index contributed by atoms with van der Waals surface area (Å²) in [7, 11) is 0. The largest absolute Gasteiger partial charge is 0.314 e. The second-order valence-electron chi connectivity index (χ2n) is 5.70. The van der Waals surface area contributed by atoms with Crippen molar-refractivity contribution in [1.82, 2.24) is 15.2 Å². The molecule has 1 aliphatic heterocycles. The van der Waals surface area contributed by atoms with E-state index in [1.54, 1.807) is 0 Å². The van der Waals surface area contributed by atoms with Crippen molar-refractivity contribution >= 4 is 11.3 Å². The van der Waals surface area contributed by atoms with Gasteiger partial charge >= 0.3 is 0 Å². The quantitative estimate of drug-likeness (QED) is 0.742. The Morgan fingerprint density at radius 2 is 2.05 bits per heavy atom. The van der Waals surface area contributed by atoms with Gasteiger partial charge in [0.25, 0.3) is 0 Å². The Balaban J connectivity index is 1.88. The van der Waals surface area contributed by atoms with Crippen LogP contribution in [-0.4, -0.2) is 36.1 Å². The second kappa shape index (κ2) is 8.75. The number of rotatable bonds is 8. The highest BCUT2D eigenvalue weighted by molar-refractivity contribution is 7.09. The van der Waals surface area contributed by atoms with Gasteiger partial charge in [-0.05, 0) is 19.3 Å². The first-order valence-corrected chi connectivity index (χ1v) is 9.12. The van der Waals surface area contributed by atoms with Crippen LogP contribution in [0.1, 0.15) is 62.7 Å². The zero-order valence-electron chi connectivity index (χ0n) is 13.0. The van der Waals surface area contributed by atoms with Crippen molar-refractivity contribution in [3.05, 3.63) is 16.1 Å². The first kappa shape index (κ1) is 15.9. The molecule has 1 aromatic rings. The highest BCUT2D eigenvalue weighted by atomic mass is 32.1. The SMILES string of the molecule is CCCCCCc1csc(C(CC)N2CCNCC2)n1. The van der Waals surface area contributed by atoms with Gasteiger partial charge in [-0.2, -0.15) is 0 Å². The normalized spacial score (nSPS) is 18.3. The molecule has 1 saturated heterocycles. The van der Waals surface area contributed by atoms with Gasteiger partial charge in [0, 0.05) is 31.6 Å². The maximum Gasteiger partial charge on any atom is 0.110 e. The fraction of sp³-hybridized carbons (Fsp3) is 0.812. The predicted molar refractivity (Wildman–Crippen MR) is 87.4 cm³/mol. The summed E-state index contributed by atoms with van der Waals surface area (Å²) < 4.78 is 0. The molecule has 4 heteroatoms. The van der Waals surface area contributed by atoms with E-state index in [1.807, 2.05) is 11.3 Å². The van der Waals surface area contributed by atoms with Gasteiger partial charge in [0.2, 0.25) is 0 Å². The third kappa shape index (κ3) is 4.54. The van der Waals surface area contributed by atoms with E-state index in [0.717, 1.165) is 32.6 Å². The van der Waals surface area contributed by atoms with Gasteiger partial charge in [-0.3, -0.25) is 4.90 Å². The molecule has 1 N–H and O–H groups in total. The van der Waals surface area contributed by atoms with E-state index in [4.69, 9.17) is 4.98 Å². The van der Waals surface area contributed by atoms with Crippen molar-refractivity contribution in [3.8, 4) is 0 Å². The molecule has 1 aliphatic rings. The fourth-order valence-corrected chi connectivity index (χ4v) is 3.98. The van der Waals surface area contributed by atoms with E-state index in [0.29, 0.717) is 6.04 Å².